The number of amides is 1. The molecule has 3 aromatic rings. The van der Waals surface area contributed by atoms with Crippen LogP contribution < -0.4 is 10.9 Å². The maximum atomic E-state index is 12.6. The van der Waals surface area contributed by atoms with Gasteiger partial charge in [-0.25, -0.2) is 4.68 Å². The summed E-state index contributed by atoms with van der Waals surface area (Å²) in [5.74, 6) is -0.240. The van der Waals surface area contributed by atoms with Crippen LogP contribution in [0.5, 0.6) is 0 Å². The molecule has 0 unspecified atom stereocenters. The van der Waals surface area contributed by atoms with E-state index in [1.165, 1.54) is 4.68 Å². The molecule has 0 spiro atoms. The summed E-state index contributed by atoms with van der Waals surface area (Å²) in [6.45, 7) is 6.94. The lowest BCUT2D eigenvalue weighted by Gasteiger charge is -2.08. The first-order chi connectivity index (χ1) is 12.5. The molecule has 26 heavy (non-hydrogen) atoms. The average Bonchev–Trinajstić information content (AvgIpc) is 2.95. The van der Waals surface area contributed by atoms with Gasteiger partial charge in [0.1, 0.15) is 12.1 Å². The van der Waals surface area contributed by atoms with Gasteiger partial charge in [0, 0.05) is 29.4 Å². The van der Waals surface area contributed by atoms with Crippen molar-refractivity contribution in [2.75, 3.05) is 13.2 Å². The Bertz CT molecular complexity index is 988. The van der Waals surface area contributed by atoms with Crippen LogP contribution in [0.2, 0.25) is 0 Å². The Morgan fingerprint density at radius 1 is 1.35 bits per heavy atom. The summed E-state index contributed by atoms with van der Waals surface area (Å²) >= 11 is 0. The lowest BCUT2D eigenvalue weighted by Crippen LogP contribution is -2.34. The number of fused-ring (bicyclic) bond motifs is 3. The molecule has 0 saturated carbocycles. The summed E-state index contributed by atoms with van der Waals surface area (Å²) in [5, 5.41) is 8.69. The van der Waals surface area contributed by atoms with Gasteiger partial charge in [0.15, 0.2) is 0 Å². The Labute approximate surface area is 151 Å². The van der Waals surface area contributed by atoms with Crippen molar-refractivity contribution < 1.29 is 9.53 Å². The van der Waals surface area contributed by atoms with Crippen molar-refractivity contribution in [1.82, 2.24) is 20.1 Å². The molecule has 7 nitrogen and oxygen atoms in total. The number of rotatable bonds is 7. The van der Waals surface area contributed by atoms with E-state index in [9.17, 15) is 9.59 Å². The van der Waals surface area contributed by atoms with E-state index in [0.717, 1.165) is 28.3 Å². The largest absolute Gasteiger partial charge is 0.379 e. The van der Waals surface area contributed by atoms with Crippen molar-refractivity contribution in [2.45, 2.75) is 39.8 Å². The van der Waals surface area contributed by atoms with Gasteiger partial charge in [-0.1, -0.05) is 11.6 Å². The van der Waals surface area contributed by atoms with Crippen LogP contribution in [0.1, 0.15) is 25.8 Å². The Morgan fingerprint density at radius 2 is 2.15 bits per heavy atom. The number of benzene rings is 1. The Hall–Kier alpha value is -2.67. The first kappa shape index (κ1) is 18.1. The van der Waals surface area contributed by atoms with Crippen molar-refractivity contribution in [3.8, 4) is 0 Å². The predicted octanol–water partition coefficient (Wildman–Crippen LogP) is 2.12. The van der Waals surface area contributed by atoms with Gasteiger partial charge in [-0.2, -0.15) is 5.10 Å². The molecule has 2 aromatic heterocycles. The second-order valence-corrected chi connectivity index (χ2v) is 6.69. The minimum atomic E-state index is -0.297. The number of H-pyrrole nitrogens is 1. The van der Waals surface area contributed by atoms with E-state index in [1.54, 1.807) is 6.20 Å². The Kier molecular flexibility index (Phi) is 5.37. The van der Waals surface area contributed by atoms with Gasteiger partial charge in [-0.3, -0.25) is 9.59 Å². The normalized spacial score (nSPS) is 11.5. The minimum absolute atomic E-state index is 0.103. The van der Waals surface area contributed by atoms with Crippen LogP contribution in [0.3, 0.4) is 0 Å². The van der Waals surface area contributed by atoms with E-state index in [4.69, 9.17) is 4.74 Å². The van der Waals surface area contributed by atoms with Gasteiger partial charge in [-0.15, -0.1) is 0 Å². The smallest absolute Gasteiger partial charge is 0.291 e. The van der Waals surface area contributed by atoms with Crippen molar-refractivity contribution >= 4 is 27.7 Å². The predicted molar refractivity (Wildman–Crippen MR) is 101 cm³/mol. The van der Waals surface area contributed by atoms with Crippen molar-refractivity contribution in [3.05, 3.63) is 40.3 Å². The summed E-state index contributed by atoms with van der Waals surface area (Å²) in [4.78, 5) is 27.8. The standard InChI is InChI=1S/C19H24N4O3/c1-12(2)26-8-4-7-20-17(24)11-23-19(25)18-15(10-21-23)14-9-13(3)5-6-16(14)22-18/h5-6,9-10,12,22H,4,7-8,11H2,1-3H3,(H,20,24). The zero-order valence-electron chi connectivity index (χ0n) is 15.3. The average molecular weight is 356 g/mol. The van der Waals surface area contributed by atoms with Gasteiger partial charge in [-0.05, 0) is 39.3 Å². The number of aryl methyl sites for hydroxylation is 1. The van der Waals surface area contributed by atoms with Crippen LogP contribution in [-0.2, 0) is 16.1 Å². The summed E-state index contributed by atoms with van der Waals surface area (Å²) in [6, 6.07) is 5.95. The third-order valence-electron chi connectivity index (χ3n) is 4.16. The van der Waals surface area contributed by atoms with E-state index < -0.39 is 0 Å². The lowest BCUT2D eigenvalue weighted by molar-refractivity contribution is -0.121. The molecule has 3 rings (SSSR count). The molecule has 2 heterocycles. The van der Waals surface area contributed by atoms with Crippen LogP contribution in [0, 0.1) is 6.92 Å². The monoisotopic (exact) mass is 356 g/mol. The van der Waals surface area contributed by atoms with Crippen molar-refractivity contribution in [2.24, 2.45) is 0 Å². The SMILES string of the molecule is Cc1ccc2[nH]c3c(=O)n(CC(=O)NCCCOC(C)C)ncc3c2c1. The second kappa shape index (κ2) is 7.70. The van der Waals surface area contributed by atoms with Crippen LogP contribution in [-0.4, -0.2) is 39.9 Å². The van der Waals surface area contributed by atoms with Crippen LogP contribution in [0.25, 0.3) is 21.8 Å². The highest BCUT2D eigenvalue weighted by Gasteiger charge is 2.12. The fourth-order valence-electron chi connectivity index (χ4n) is 2.86. The number of aromatic amines is 1. The molecule has 0 saturated heterocycles. The zero-order chi connectivity index (χ0) is 18.7. The molecular weight excluding hydrogens is 332 g/mol. The molecule has 1 amide bonds. The van der Waals surface area contributed by atoms with E-state index >= 15 is 0 Å². The van der Waals surface area contributed by atoms with Gasteiger partial charge >= 0.3 is 0 Å². The molecule has 0 atom stereocenters. The van der Waals surface area contributed by atoms with Gasteiger partial charge in [0.05, 0.1) is 12.3 Å². The maximum Gasteiger partial charge on any atom is 0.291 e. The number of carbonyl (C=O) groups excluding carboxylic acids is 1. The summed E-state index contributed by atoms with van der Waals surface area (Å²) in [7, 11) is 0. The fourth-order valence-corrected chi connectivity index (χ4v) is 2.86. The van der Waals surface area contributed by atoms with Crippen LogP contribution in [0.15, 0.2) is 29.2 Å². The molecule has 1 aromatic carbocycles. The highest BCUT2D eigenvalue weighted by Crippen LogP contribution is 2.23. The third-order valence-corrected chi connectivity index (χ3v) is 4.16. The molecule has 0 aliphatic carbocycles. The second-order valence-electron chi connectivity index (χ2n) is 6.69. The minimum Gasteiger partial charge on any atom is -0.379 e. The number of hydrogen-bond donors (Lipinski definition) is 2. The molecule has 0 bridgehead atoms. The van der Waals surface area contributed by atoms with Gasteiger partial charge < -0.3 is 15.0 Å². The van der Waals surface area contributed by atoms with E-state index in [2.05, 4.69) is 15.4 Å². The molecule has 0 aliphatic rings. The van der Waals surface area contributed by atoms with E-state index in [-0.39, 0.29) is 24.1 Å². The molecule has 0 radical (unpaired) electrons. The first-order valence-corrected chi connectivity index (χ1v) is 8.82. The quantitative estimate of drug-likeness (QED) is 0.635. The zero-order valence-corrected chi connectivity index (χ0v) is 15.3. The lowest BCUT2D eigenvalue weighted by atomic mass is 10.1. The molecule has 0 aliphatic heterocycles. The Morgan fingerprint density at radius 3 is 2.92 bits per heavy atom. The van der Waals surface area contributed by atoms with Crippen molar-refractivity contribution in [1.29, 1.82) is 0 Å². The molecule has 2 N–H and O–H groups in total. The number of ether oxygens (including phenoxy) is 1. The van der Waals surface area contributed by atoms with Crippen LogP contribution in [0.4, 0.5) is 0 Å². The molecular formula is C19H24N4O3. The fraction of sp³-hybridized carbons (Fsp3) is 0.421. The highest BCUT2D eigenvalue weighted by molar-refractivity contribution is 6.06. The molecule has 7 heteroatoms. The molecule has 138 valence electrons. The third kappa shape index (κ3) is 3.94. The topological polar surface area (TPSA) is 89.0 Å². The summed E-state index contributed by atoms with van der Waals surface area (Å²) in [5.41, 5.74) is 2.17. The van der Waals surface area contributed by atoms with Gasteiger partial charge in [0.25, 0.3) is 5.56 Å². The number of nitrogens with one attached hydrogen (secondary N) is 2. The number of nitrogens with zero attached hydrogens (tertiary/aromatic N) is 2. The molecule has 0 fully saturated rings. The van der Waals surface area contributed by atoms with Crippen LogP contribution >= 0.6 is 0 Å². The summed E-state index contributed by atoms with van der Waals surface area (Å²) in [6.07, 6.45) is 2.55. The Balaban J connectivity index is 1.71. The highest BCUT2D eigenvalue weighted by atomic mass is 16.5. The van der Waals surface area contributed by atoms with E-state index in [0.29, 0.717) is 18.7 Å². The van der Waals surface area contributed by atoms with E-state index in [1.807, 2.05) is 39.0 Å². The maximum absolute atomic E-state index is 12.6. The number of aromatic nitrogens is 3. The number of hydrogen-bond acceptors (Lipinski definition) is 4. The van der Waals surface area contributed by atoms with Crippen molar-refractivity contribution in [3.63, 3.8) is 0 Å². The summed E-state index contributed by atoms with van der Waals surface area (Å²) < 4.78 is 6.61. The number of carbonyl (C=O) groups is 1. The van der Waals surface area contributed by atoms with Gasteiger partial charge in [0.2, 0.25) is 5.91 Å². The first-order valence-electron chi connectivity index (χ1n) is 8.82.